The molecule has 0 bridgehead atoms. The number of benzene rings is 2. The van der Waals surface area contributed by atoms with Crippen LogP contribution in [0.15, 0.2) is 73.8 Å². The molecular formula is C27H26N10O7S. The van der Waals surface area contributed by atoms with Crippen LogP contribution in [0.2, 0.25) is 0 Å². The van der Waals surface area contributed by atoms with Crippen LogP contribution in [-0.4, -0.2) is 56.9 Å². The normalized spacial score (nSPS) is 12.5. The van der Waals surface area contributed by atoms with E-state index < -0.39 is 26.8 Å². The summed E-state index contributed by atoms with van der Waals surface area (Å²) in [6.07, 6.45) is 1.87. The molecule has 0 saturated heterocycles. The number of sulfone groups is 1. The van der Waals surface area contributed by atoms with Gasteiger partial charge in [0.25, 0.3) is 15.9 Å². The first-order valence-electron chi connectivity index (χ1n) is 13.6. The van der Waals surface area contributed by atoms with Crippen molar-refractivity contribution in [2.75, 3.05) is 18.1 Å². The van der Waals surface area contributed by atoms with Gasteiger partial charge in [-0.1, -0.05) is 18.2 Å². The van der Waals surface area contributed by atoms with Gasteiger partial charge in [0.05, 0.1) is 21.5 Å². The third kappa shape index (κ3) is 5.77. The number of aromatic nitrogens is 7. The van der Waals surface area contributed by atoms with Crippen LogP contribution in [0.5, 0.6) is 5.88 Å². The van der Waals surface area contributed by atoms with Crippen LogP contribution in [-0.2, 0) is 21.2 Å². The number of carbonyl (C=O) groups excluding carboxylic acids is 1. The Labute approximate surface area is 254 Å². The minimum atomic E-state index is -4.27. The number of nitrogens with one attached hydrogen (secondary N) is 1. The molecule has 1 atom stereocenters. The van der Waals surface area contributed by atoms with E-state index in [1.165, 1.54) is 30.6 Å². The quantitative estimate of drug-likeness (QED) is 0.171. The molecule has 18 heteroatoms. The molecule has 1 unspecified atom stereocenters. The van der Waals surface area contributed by atoms with Gasteiger partial charge in [0.15, 0.2) is 11.2 Å². The molecule has 4 aromatic heterocycles. The average molecular weight is 635 g/mol. The number of nitrogens with two attached hydrogens (primary N) is 2. The molecule has 4 heterocycles. The fourth-order valence-electron chi connectivity index (χ4n) is 4.70. The molecule has 0 aliphatic heterocycles. The Morgan fingerprint density at radius 2 is 1.98 bits per heavy atom. The lowest BCUT2D eigenvalue weighted by molar-refractivity contribution is -0.832. The van der Waals surface area contributed by atoms with Crippen LogP contribution in [0, 0.1) is 5.21 Å². The highest BCUT2D eigenvalue weighted by molar-refractivity contribution is 7.91. The molecule has 0 spiro atoms. The van der Waals surface area contributed by atoms with E-state index in [-0.39, 0.29) is 40.6 Å². The fourth-order valence-corrected chi connectivity index (χ4v) is 6.00. The van der Waals surface area contributed by atoms with Crippen molar-refractivity contribution in [2.24, 2.45) is 0 Å². The Morgan fingerprint density at radius 1 is 1.18 bits per heavy atom. The maximum Gasteiger partial charge on any atom is 0.415 e. The number of hydrogen-bond donors (Lipinski definition) is 3. The molecule has 17 nitrogen and oxygen atoms in total. The smallest absolute Gasteiger partial charge is 0.415 e. The van der Waals surface area contributed by atoms with Crippen molar-refractivity contribution in [1.29, 1.82) is 0 Å². The predicted octanol–water partition coefficient (Wildman–Crippen LogP) is 1.62. The van der Waals surface area contributed by atoms with Crippen molar-refractivity contribution in [3.63, 3.8) is 0 Å². The van der Waals surface area contributed by atoms with Gasteiger partial charge in [-0.15, -0.1) is 0 Å². The lowest BCUT2D eigenvalue weighted by Gasteiger charge is -2.13. The standard InChI is InChI=1S/C27H26N10O7S/c1-15(13-42-25-26(37(39)44-35-25)45(40,41)17-6-3-2-4-7-17)32-20(38)8-5-11-36-24-21(23(28)30-14-31-24)22(34-36)16-9-10-19-18(12-16)33-27(29)43-19/h2-4,6-7,9-10,12,14-15H,5,8,11,13H2,1H3,(H2,29,33)(H,32,38)(H2,28,30,31). The van der Waals surface area contributed by atoms with Gasteiger partial charge in [-0.2, -0.15) is 10.1 Å². The van der Waals surface area contributed by atoms with Gasteiger partial charge in [0.1, 0.15) is 30.0 Å². The Bertz CT molecular complexity index is 2130. The molecule has 1 amide bonds. The Balaban J connectivity index is 1.08. The number of rotatable bonds is 11. The summed E-state index contributed by atoms with van der Waals surface area (Å²) < 4.78 is 42.8. The first-order chi connectivity index (χ1) is 21.6. The summed E-state index contributed by atoms with van der Waals surface area (Å²) in [5, 5.41) is 22.8. The zero-order valence-corrected chi connectivity index (χ0v) is 24.5. The summed E-state index contributed by atoms with van der Waals surface area (Å²) in [5.74, 6) is -0.548. The number of carbonyl (C=O) groups is 1. The molecule has 6 aromatic rings. The molecule has 2 aromatic carbocycles. The van der Waals surface area contributed by atoms with E-state index in [4.69, 9.17) is 25.7 Å². The van der Waals surface area contributed by atoms with Crippen LogP contribution < -0.4 is 26.4 Å². The molecule has 5 N–H and O–H groups in total. The van der Waals surface area contributed by atoms with Crippen LogP contribution >= 0.6 is 0 Å². The molecule has 45 heavy (non-hydrogen) atoms. The number of nitrogens with zero attached hydrogens (tertiary/aromatic N) is 7. The number of aryl methyl sites for hydroxylation is 1. The van der Waals surface area contributed by atoms with E-state index in [1.807, 2.05) is 0 Å². The van der Waals surface area contributed by atoms with Crippen molar-refractivity contribution in [3.8, 4) is 17.1 Å². The molecule has 6 rings (SSSR count). The number of oxazole rings is 1. The van der Waals surface area contributed by atoms with Crippen molar-refractivity contribution >= 4 is 49.7 Å². The zero-order chi connectivity index (χ0) is 31.7. The number of amides is 1. The third-order valence-electron chi connectivity index (χ3n) is 6.74. The van der Waals surface area contributed by atoms with Crippen molar-refractivity contribution in [2.45, 2.75) is 42.3 Å². The second-order valence-electron chi connectivity index (χ2n) is 10.0. The number of fused-ring (bicyclic) bond motifs is 2. The second kappa shape index (κ2) is 11.7. The topological polar surface area (TPSA) is 247 Å². The van der Waals surface area contributed by atoms with Gasteiger partial charge in [-0.05, 0) is 48.6 Å². The minimum absolute atomic E-state index is 0.0500. The van der Waals surface area contributed by atoms with Gasteiger partial charge in [0, 0.05) is 18.5 Å². The summed E-state index contributed by atoms with van der Waals surface area (Å²) in [7, 11) is -4.27. The van der Waals surface area contributed by atoms with Gasteiger partial charge < -0.3 is 31.1 Å². The van der Waals surface area contributed by atoms with Crippen LogP contribution in [0.1, 0.15) is 19.8 Å². The third-order valence-corrected chi connectivity index (χ3v) is 8.47. The first kappa shape index (κ1) is 29.3. The predicted molar refractivity (Wildman–Crippen MR) is 157 cm³/mol. The fraction of sp³-hybridized carbons (Fsp3) is 0.222. The Morgan fingerprint density at radius 3 is 2.78 bits per heavy atom. The van der Waals surface area contributed by atoms with Crippen LogP contribution in [0.3, 0.4) is 0 Å². The van der Waals surface area contributed by atoms with Crippen molar-refractivity contribution in [1.82, 2.24) is 35.2 Å². The molecule has 0 radical (unpaired) electrons. The molecule has 0 saturated carbocycles. The van der Waals surface area contributed by atoms with Gasteiger partial charge >= 0.3 is 10.9 Å². The average Bonchev–Trinajstić information content (AvgIpc) is 3.70. The number of ether oxygens (including phenoxy) is 1. The van der Waals surface area contributed by atoms with E-state index in [0.29, 0.717) is 46.4 Å². The first-order valence-corrected chi connectivity index (χ1v) is 15.1. The van der Waals surface area contributed by atoms with Crippen molar-refractivity contribution < 1.29 is 31.9 Å². The Hall–Kier alpha value is -5.78. The van der Waals surface area contributed by atoms with E-state index >= 15 is 0 Å². The lowest BCUT2D eigenvalue weighted by Crippen LogP contribution is -2.37. The largest absolute Gasteiger partial charge is 0.452 e. The molecule has 0 aliphatic carbocycles. The van der Waals surface area contributed by atoms with E-state index in [9.17, 15) is 18.4 Å². The summed E-state index contributed by atoms with van der Waals surface area (Å²) in [6.45, 7) is 1.81. The SMILES string of the molecule is CC(COc1no[n+]([O-])c1S(=O)(=O)c1ccccc1)NC(=O)CCCn1nc(-c2ccc3oc(N)nc3c2)c2c(N)ncnc21. The summed E-state index contributed by atoms with van der Waals surface area (Å²) in [5.41, 5.74) is 14.7. The molecule has 0 fully saturated rings. The monoisotopic (exact) mass is 634 g/mol. The maximum atomic E-state index is 12.9. The summed E-state index contributed by atoms with van der Waals surface area (Å²) in [6, 6.07) is 12.1. The molecule has 0 aliphatic rings. The number of hydrogen-bond acceptors (Lipinski definition) is 14. The minimum Gasteiger partial charge on any atom is -0.452 e. The van der Waals surface area contributed by atoms with Gasteiger partial charge in [0.2, 0.25) is 5.91 Å². The zero-order valence-electron chi connectivity index (χ0n) is 23.7. The van der Waals surface area contributed by atoms with Crippen LogP contribution in [0.25, 0.3) is 33.4 Å². The number of nitrogen functional groups attached to an aromatic ring is 2. The highest BCUT2D eigenvalue weighted by atomic mass is 32.2. The molecular weight excluding hydrogens is 608 g/mol. The highest BCUT2D eigenvalue weighted by Gasteiger charge is 2.36. The van der Waals surface area contributed by atoms with Gasteiger partial charge in [-0.3, -0.25) is 9.42 Å². The van der Waals surface area contributed by atoms with Crippen molar-refractivity contribution in [3.05, 3.63) is 60.1 Å². The van der Waals surface area contributed by atoms with E-state index in [1.54, 1.807) is 35.9 Å². The number of anilines is 2. The highest BCUT2D eigenvalue weighted by Crippen LogP contribution is 2.32. The lowest BCUT2D eigenvalue weighted by atomic mass is 10.1. The second-order valence-corrected chi connectivity index (χ2v) is 11.9. The Kier molecular flexibility index (Phi) is 7.63. The summed E-state index contributed by atoms with van der Waals surface area (Å²) >= 11 is 0. The van der Waals surface area contributed by atoms with Crippen LogP contribution in [0.4, 0.5) is 11.8 Å². The molecule has 232 valence electrons. The van der Waals surface area contributed by atoms with Gasteiger partial charge in [-0.25, -0.2) is 23.1 Å². The summed E-state index contributed by atoms with van der Waals surface area (Å²) in [4.78, 5) is 25.0. The van der Waals surface area contributed by atoms with E-state index in [2.05, 4.69) is 30.1 Å². The van der Waals surface area contributed by atoms with E-state index in [0.717, 1.165) is 0 Å². The maximum absolute atomic E-state index is 12.9.